The average molecular weight is 275 g/mol. The van der Waals surface area contributed by atoms with Gasteiger partial charge in [0, 0.05) is 29.7 Å². The minimum atomic E-state index is 0.527. The molecule has 3 rings (SSSR count). The first-order chi connectivity index (χ1) is 9.24. The number of rotatable bonds is 4. The van der Waals surface area contributed by atoms with E-state index in [1.54, 1.807) is 0 Å². The van der Waals surface area contributed by atoms with Crippen molar-refractivity contribution >= 4 is 28.9 Å². The zero-order valence-corrected chi connectivity index (χ0v) is 11.4. The molecule has 0 radical (unpaired) electrons. The topological polar surface area (TPSA) is 49.8 Å². The van der Waals surface area contributed by atoms with Crippen LogP contribution >= 0.6 is 11.6 Å². The molecule has 5 heteroatoms. The fourth-order valence-electron chi connectivity index (χ4n) is 1.86. The lowest BCUT2D eigenvalue weighted by atomic mass is 10.3. The summed E-state index contributed by atoms with van der Waals surface area (Å²) in [5, 5.41) is 7.08. The molecule has 98 valence electrons. The van der Waals surface area contributed by atoms with Gasteiger partial charge in [-0.25, -0.2) is 9.97 Å². The summed E-state index contributed by atoms with van der Waals surface area (Å²) in [4.78, 5) is 9.05. The summed E-state index contributed by atoms with van der Waals surface area (Å²) in [6.07, 6.45) is 2.38. The molecule has 1 saturated carbocycles. The van der Waals surface area contributed by atoms with Crippen LogP contribution in [-0.4, -0.2) is 17.0 Å². The molecule has 2 aromatic rings. The molecule has 0 amide bonds. The molecule has 19 heavy (non-hydrogen) atoms. The number of halogens is 1. The van der Waals surface area contributed by atoms with Crippen molar-refractivity contribution in [2.75, 3.05) is 17.7 Å². The van der Waals surface area contributed by atoms with E-state index in [1.807, 2.05) is 37.4 Å². The molecular formula is C14H15ClN4. The molecular weight excluding hydrogens is 260 g/mol. The Kier molecular flexibility index (Phi) is 3.25. The summed E-state index contributed by atoms with van der Waals surface area (Å²) in [5.74, 6) is 3.10. The SMILES string of the molecule is CNc1cc(Nc2ccc(Cl)cc2)nc(C2CC2)n1. The number of nitrogens with zero attached hydrogens (tertiary/aromatic N) is 2. The molecule has 0 saturated heterocycles. The number of nitrogens with one attached hydrogen (secondary N) is 2. The van der Waals surface area contributed by atoms with Gasteiger partial charge >= 0.3 is 0 Å². The predicted molar refractivity (Wildman–Crippen MR) is 78.3 cm³/mol. The molecule has 0 unspecified atom stereocenters. The first-order valence-electron chi connectivity index (χ1n) is 6.34. The van der Waals surface area contributed by atoms with Crippen LogP contribution in [0.1, 0.15) is 24.6 Å². The first-order valence-corrected chi connectivity index (χ1v) is 6.72. The summed E-state index contributed by atoms with van der Waals surface area (Å²) in [5.41, 5.74) is 0.965. The summed E-state index contributed by atoms with van der Waals surface area (Å²) in [6.45, 7) is 0. The monoisotopic (exact) mass is 274 g/mol. The maximum Gasteiger partial charge on any atom is 0.136 e. The van der Waals surface area contributed by atoms with Gasteiger partial charge in [-0.05, 0) is 37.1 Å². The van der Waals surface area contributed by atoms with Gasteiger partial charge in [-0.1, -0.05) is 11.6 Å². The molecule has 0 bridgehead atoms. The standard InChI is InChI=1S/C14H15ClN4/c1-16-12-8-13(19-14(18-12)9-2-3-9)17-11-6-4-10(15)5-7-11/h4-9H,2-3H2,1H3,(H2,16,17,18,19). The Morgan fingerprint density at radius 1 is 1.11 bits per heavy atom. The minimum absolute atomic E-state index is 0.527. The van der Waals surface area contributed by atoms with Crippen LogP contribution in [0.3, 0.4) is 0 Å². The lowest BCUT2D eigenvalue weighted by Crippen LogP contribution is -2.03. The maximum atomic E-state index is 5.87. The minimum Gasteiger partial charge on any atom is -0.373 e. The van der Waals surface area contributed by atoms with E-state index in [4.69, 9.17) is 11.6 Å². The van der Waals surface area contributed by atoms with Gasteiger partial charge < -0.3 is 10.6 Å². The Morgan fingerprint density at radius 2 is 1.79 bits per heavy atom. The average Bonchev–Trinajstić information content (AvgIpc) is 3.25. The summed E-state index contributed by atoms with van der Waals surface area (Å²) in [6, 6.07) is 9.47. The Morgan fingerprint density at radius 3 is 2.42 bits per heavy atom. The van der Waals surface area contributed by atoms with Crippen LogP contribution < -0.4 is 10.6 Å². The third-order valence-electron chi connectivity index (χ3n) is 3.06. The van der Waals surface area contributed by atoms with E-state index >= 15 is 0 Å². The largest absolute Gasteiger partial charge is 0.373 e. The molecule has 4 nitrogen and oxygen atoms in total. The van der Waals surface area contributed by atoms with Gasteiger partial charge in [0.05, 0.1) is 0 Å². The van der Waals surface area contributed by atoms with Gasteiger partial charge in [0.25, 0.3) is 0 Å². The quantitative estimate of drug-likeness (QED) is 0.890. The predicted octanol–water partition coefficient (Wildman–Crippen LogP) is 3.79. The fourth-order valence-corrected chi connectivity index (χ4v) is 1.99. The summed E-state index contributed by atoms with van der Waals surface area (Å²) >= 11 is 5.87. The fraction of sp³-hybridized carbons (Fsp3) is 0.286. The molecule has 2 N–H and O–H groups in total. The highest BCUT2D eigenvalue weighted by molar-refractivity contribution is 6.30. The molecule has 1 heterocycles. The van der Waals surface area contributed by atoms with Crippen LogP contribution in [0.5, 0.6) is 0 Å². The van der Waals surface area contributed by atoms with Crippen LogP contribution in [-0.2, 0) is 0 Å². The van der Waals surface area contributed by atoms with E-state index < -0.39 is 0 Å². The van der Waals surface area contributed by atoms with Gasteiger partial charge in [-0.2, -0.15) is 0 Å². The number of hydrogen-bond donors (Lipinski definition) is 2. The van der Waals surface area contributed by atoms with Crippen LogP contribution in [0.25, 0.3) is 0 Å². The summed E-state index contributed by atoms with van der Waals surface area (Å²) in [7, 11) is 1.87. The van der Waals surface area contributed by atoms with Gasteiger partial charge in [0.2, 0.25) is 0 Å². The molecule has 0 atom stereocenters. The second-order valence-corrected chi connectivity index (χ2v) is 5.09. The van der Waals surface area contributed by atoms with Crippen molar-refractivity contribution in [3.8, 4) is 0 Å². The van der Waals surface area contributed by atoms with Crippen molar-refractivity contribution in [1.29, 1.82) is 0 Å². The zero-order valence-electron chi connectivity index (χ0n) is 10.7. The molecule has 0 spiro atoms. The molecule has 1 aliphatic carbocycles. The van der Waals surface area contributed by atoms with Crippen molar-refractivity contribution in [1.82, 2.24) is 9.97 Å². The Labute approximate surface area is 117 Å². The van der Waals surface area contributed by atoms with E-state index in [1.165, 1.54) is 12.8 Å². The lowest BCUT2D eigenvalue weighted by Gasteiger charge is -2.09. The third kappa shape index (κ3) is 2.96. The smallest absolute Gasteiger partial charge is 0.136 e. The Bertz CT molecular complexity index is 578. The van der Waals surface area contributed by atoms with E-state index in [0.717, 1.165) is 28.2 Å². The lowest BCUT2D eigenvalue weighted by molar-refractivity contribution is 0.932. The van der Waals surface area contributed by atoms with Gasteiger partial charge in [0.1, 0.15) is 17.5 Å². The van der Waals surface area contributed by atoms with E-state index in [-0.39, 0.29) is 0 Å². The highest BCUT2D eigenvalue weighted by Crippen LogP contribution is 2.39. The van der Waals surface area contributed by atoms with Crippen molar-refractivity contribution in [3.05, 3.63) is 41.2 Å². The van der Waals surface area contributed by atoms with Gasteiger partial charge in [0.15, 0.2) is 0 Å². The van der Waals surface area contributed by atoms with Crippen LogP contribution in [0.15, 0.2) is 30.3 Å². The molecule has 0 aliphatic heterocycles. The molecule has 1 fully saturated rings. The van der Waals surface area contributed by atoms with Crippen molar-refractivity contribution < 1.29 is 0 Å². The maximum absolute atomic E-state index is 5.87. The summed E-state index contributed by atoms with van der Waals surface area (Å²) < 4.78 is 0. The molecule has 1 aromatic carbocycles. The highest BCUT2D eigenvalue weighted by Gasteiger charge is 2.27. The Hall–Kier alpha value is -1.81. The normalized spacial score (nSPS) is 14.2. The number of hydrogen-bond acceptors (Lipinski definition) is 4. The van der Waals surface area contributed by atoms with Crippen molar-refractivity contribution in [2.45, 2.75) is 18.8 Å². The van der Waals surface area contributed by atoms with E-state index in [9.17, 15) is 0 Å². The second-order valence-electron chi connectivity index (χ2n) is 4.65. The number of benzene rings is 1. The number of aromatic nitrogens is 2. The number of anilines is 3. The van der Waals surface area contributed by atoms with Crippen LogP contribution in [0, 0.1) is 0 Å². The highest BCUT2D eigenvalue weighted by atomic mass is 35.5. The van der Waals surface area contributed by atoms with Crippen LogP contribution in [0.4, 0.5) is 17.3 Å². The van der Waals surface area contributed by atoms with Crippen LogP contribution in [0.2, 0.25) is 5.02 Å². The van der Waals surface area contributed by atoms with Gasteiger partial charge in [-0.3, -0.25) is 0 Å². The van der Waals surface area contributed by atoms with E-state index in [0.29, 0.717) is 5.92 Å². The van der Waals surface area contributed by atoms with Crippen molar-refractivity contribution in [2.24, 2.45) is 0 Å². The Balaban J connectivity index is 1.86. The zero-order chi connectivity index (χ0) is 13.2. The second kappa shape index (κ2) is 5.05. The van der Waals surface area contributed by atoms with E-state index in [2.05, 4.69) is 20.6 Å². The van der Waals surface area contributed by atoms with Crippen molar-refractivity contribution in [3.63, 3.8) is 0 Å². The first kappa shape index (κ1) is 12.2. The van der Waals surface area contributed by atoms with Gasteiger partial charge in [-0.15, -0.1) is 0 Å². The molecule has 1 aliphatic rings. The third-order valence-corrected chi connectivity index (χ3v) is 3.31. The molecule has 1 aromatic heterocycles.